The molecule has 3 nitrogen and oxygen atoms in total. The molecular weight excluding hydrogens is 212 g/mol. The van der Waals surface area contributed by atoms with Crippen LogP contribution in [0.3, 0.4) is 0 Å². The average molecular weight is 238 g/mol. The molecule has 4 unspecified atom stereocenters. The van der Waals surface area contributed by atoms with Gasteiger partial charge in [0.1, 0.15) is 0 Å². The van der Waals surface area contributed by atoms with E-state index in [1.165, 1.54) is 51.6 Å². The normalized spacial score (nSPS) is 43.6. The van der Waals surface area contributed by atoms with Crippen molar-refractivity contribution in [3.05, 3.63) is 0 Å². The minimum Gasteiger partial charge on any atom is -0.378 e. The minimum atomic E-state index is 0.449. The molecule has 0 aromatic rings. The molecule has 0 aromatic carbocycles. The average Bonchev–Trinajstić information content (AvgIpc) is 2.73. The Morgan fingerprint density at radius 1 is 1.12 bits per heavy atom. The zero-order chi connectivity index (χ0) is 11.7. The van der Waals surface area contributed by atoms with E-state index in [-0.39, 0.29) is 0 Å². The van der Waals surface area contributed by atoms with Gasteiger partial charge in [0.05, 0.1) is 6.10 Å². The van der Waals surface area contributed by atoms with Crippen LogP contribution >= 0.6 is 0 Å². The van der Waals surface area contributed by atoms with Crippen LogP contribution in [0.4, 0.5) is 0 Å². The molecular formula is C14H26N2O. The molecule has 3 rings (SSSR count). The Kier molecular flexibility index (Phi) is 3.69. The quantitative estimate of drug-likeness (QED) is 0.793. The van der Waals surface area contributed by atoms with Gasteiger partial charge in [0.25, 0.3) is 0 Å². The molecule has 3 heterocycles. The molecule has 0 radical (unpaired) electrons. The van der Waals surface area contributed by atoms with Gasteiger partial charge in [0, 0.05) is 31.3 Å². The van der Waals surface area contributed by atoms with Crippen molar-refractivity contribution >= 4 is 0 Å². The molecule has 0 spiro atoms. The lowest BCUT2D eigenvalue weighted by Crippen LogP contribution is -2.50. The number of rotatable bonds is 2. The molecule has 4 atom stereocenters. The van der Waals surface area contributed by atoms with Gasteiger partial charge in [0.15, 0.2) is 0 Å². The molecule has 0 amide bonds. The predicted molar refractivity (Wildman–Crippen MR) is 69.2 cm³/mol. The molecule has 0 aromatic heterocycles. The van der Waals surface area contributed by atoms with Crippen LogP contribution in [-0.4, -0.2) is 48.8 Å². The summed E-state index contributed by atoms with van der Waals surface area (Å²) in [5.74, 6) is 0. The van der Waals surface area contributed by atoms with Crippen molar-refractivity contribution < 1.29 is 4.74 Å². The van der Waals surface area contributed by atoms with Gasteiger partial charge in [0.2, 0.25) is 0 Å². The van der Waals surface area contributed by atoms with Crippen LogP contribution in [0.1, 0.15) is 45.4 Å². The lowest BCUT2D eigenvalue weighted by molar-refractivity contribution is 0.00987. The van der Waals surface area contributed by atoms with E-state index >= 15 is 0 Å². The van der Waals surface area contributed by atoms with E-state index in [2.05, 4.69) is 17.1 Å². The molecule has 3 aliphatic heterocycles. The van der Waals surface area contributed by atoms with Crippen LogP contribution in [-0.2, 0) is 4.74 Å². The monoisotopic (exact) mass is 238 g/mol. The maximum absolute atomic E-state index is 5.63. The SMILES string of the molecule is CC1CC(NC2CCN3CCCCC23)CCO1. The van der Waals surface area contributed by atoms with E-state index in [0.29, 0.717) is 12.1 Å². The third-order valence-electron chi connectivity index (χ3n) is 4.79. The lowest BCUT2D eigenvalue weighted by Gasteiger charge is -2.36. The zero-order valence-corrected chi connectivity index (χ0v) is 11.0. The van der Waals surface area contributed by atoms with E-state index in [4.69, 9.17) is 4.74 Å². The highest BCUT2D eigenvalue weighted by atomic mass is 16.5. The number of piperidine rings is 1. The Labute approximate surface area is 105 Å². The van der Waals surface area contributed by atoms with Crippen LogP contribution < -0.4 is 5.32 Å². The third-order valence-corrected chi connectivity index (χ3v) is 4.79. The van der Waals surface area contributed by atoms with Gasteiger partial charge in [-0.1, -0.05) is 6.42 Å². The molecule has 98 valence electrons. The molecule has 0 aliphatic carbocycles. The summed E-state index contributed by atoms with van der Waals surface area (Å²) in [5, 5.41) is 3.93. The van der Waals surface area contributed by atoms with Crippen LogP contribution in [0.15, 0.2) is 0 Å². The van der Waals surface area contributed by atoms with Crippen LogP contribution in [0.25, 0.3) is 0 Å². The summed E-state index contributed by atoms with van der Waals surface area (Å²) in [7, 11) is 0. The van der Waals surface area contributed by atoms with Crippen molar-refractivity contribution in [2.24, 2.45) is 0 Å². The standard InChI is InChI=1S/C14H26N2O/c1-11-10-12(6-9-17-11)15-13-5-8-16-7-3-2-4-14(13)16/h11-15H,2-10H2,1H3. The van der Waals surface area contributed by atoms with Crippen molar-refractivity contribution in [3.8, 4) is 0 Å². The van der Waals surface area contributed by atoms with Gasteiger partial charge in [-0.05, 0) is 45.6 Å². The highest BCUT2D eigenvalue weighted by Gasteiger charge is 2.36. The molecule has 3 heteroatoms. The van der Waals surface area contributed by atoms with Gasteiger partial charge in [-0.2, -0.15) is 0 Å². The summed E-state index contributed by atoms with van der Waals surface area (Å²) in [6, 6.07) is 2.29. The maximum Gasteiger partial charge on any atom is 0.0561 e. The maximum atomic E-state index is 5.63. The molecule has 17 heavy (non-hydrogen) atoms. The Bertz CT molecular complexity index is 259. The smallest absolute Gasteiger partial charge is 0.0561 e. The molecule has 3 fully saturated rings. The summed E-state index contributed by atoms with van der Waals surface area (Å²) in [4.78, 5) is 2.71. The fourth-order valence-corrected chi connectivity index (χ4v) is 3.89. The van der Waals surface area contributed by atoms with Crippen molar-refractivity contribution in [2.75, 3.05) is 19.7 Å². The van der Waals surface area contributed by atoms with Gasteiger partial charge >= 0.3 is 0 Å². The topological polar surface area (TPSA) is 24.5 Å². The Balaban J connectivity index is 1.54. The summed E-state index contributed by atoms with van der Waals surface area (Å²) >= 11 is 0. The van der Waals surface area contributed by atoms with Crippen molar-refractivity contribution in [1.82, 2.24) is 10.2 Å². The second-order valence-corrected chi connectivity index (χ2v) is 6.06. The largest absolute Gasteiger partial charge is 0.378 e. The van der Waals surface area contributed by atoms with Gasteiger partial charge in [-0.25, -0.2) is 0 Å². The Morgan fingerprint density at radius 3 is 2.94 bits per heavy atom. The third kappa shape index (κ3) is 2.67. The summed E-state index contributed by atoms with van der Waals surface area (Å²) < 4.78 is 5.63. The first-order valence-electron chi connectivity index (χ1n) is 7.44. The first kappa shape index (κ1) is 11.9. The van der Waals surface area contributed by atoms with E-state index in [9.17, 15) is 0 Å². The lowest BCUT2D eigenvalue weighted by atomic mass is 9.96. The Hall–Kier alpha value is -0.120. The highest BCUT2D eigenvalue weighted by molar-refractivity contribution is 4.95. The number of hydrogen-bond acceptors (Lipinski definition) is 3. The minimum absolute atomic E-state index is 0.449. The number of fused-ring (bicyclic) bond motifs is 1. The van der Waals surface area contributed by atoms with E-state index in [1.54, 1.807) is 0 Å². The van der Waals surface area contributed by atoms with Gasteiger partial charge < -0.3 is 10.1 Å². The van der Waals surface area contributed by atoms with Crippen LogP contribution in [0.2, 0.25) is 0 Å². The van der Waals surface area contributed by atoms with Gasteiger partial charge in [-0.15, -0.1) is 0 Å². The first-order chi connectivity index (χ1) is 8.33. The van der Waals surface area contributed by atoms with Crippen molar-refractivity contribution in [2.45, 2.75) is 69.7 Å². The number of hydrogen-bond donors (Lipinski definition) is 1. The number of nitrogens with zero attached hydrogens (tertiary/aromatic N) is 1. The fourth-order valence-electron chi connectivity index (χ4n) is 3.89. The van der Waals surface area contributed by atoms with E-state index in [0.717, 1.165) is 18.7 Å². The second kappa shape index (κ2) is 5.25. The van der Waals surface area contributed by atoms with Crippen LogP contribution in [0, 0.1) is 0 Å². The van der Waals surface area contributed by atoms with Crippen LogP contribution in [0.5, 0.6) is 0 Å². The van der Waals surface area contributed by atoms with Crippen molar-refractivity contribution in [1.29, 1.82) is 0 Å². The molecule has 0 bridgehead atoms. The number of nitrogens with one attached hydrogen (secondary N) is 1. The summed E-state index contributed by atoms with van der Waals surface area (Å²) in [5.41, 5.74) is 0. The zero-order valence-electron chi connectivity index (χ0n) is 11.0. The first-order valence-corrected chi connectivity index (χ1v) is 7.44. The molecule has 0 saturated carbocycles. The Morgan fingerprint density at radius 2 is 2.06 bits per heavy atom. The second-order valence-electron chi connectivity index (χ2n) is 6.06. The fraction of sp³-hybridized carbons (Fsp3) is 1.00. The summed E-state index contributed by atoms with van der Waals surface area (Å²) in [6.07, 6.45) is 8.47. The molecule has 1 N–H and O–H groups in total. The van der Waals surface area contributed by atoms with Crippen molar-refractivity contribution in [3.63, 3.8) is 0 Å². The van der Waals surface area contributed by atoms with E-state index < -0.39 is 0 Å². The number of ether oxygens (including phenoxy) is 1. The highest BCUT2D eigenvalue weighted by Crippen LogP contribution is 2.28. The molecule has 3 saturated heterocycles. The predicted octanol–water partition coefficient (Wildman–Crippen LogP) is 1.77. The van der Waals surface area contributed by atoms with E-state index in [1.807, 2.05) is 0 Å². The van der Waals surface area contributed by atoms with Gasteiger partial charge in [-0.3, -0.25) is 4.90 Å². The molecule has 3 aliphatic rings. The summed E-state index contributed by atoms with van der Waals surface area (Å²) in [6.45, 7) is 5.81.